The van der Waals surface area contributed by atoms with Crippen LogP contribution >= 0.6 is 22.6 Å². The van der Waals surface area contributed by atoms with Gasteiger partial charge in [0.25, 0.3) is 0 Å². The summed E-state index contributed by atoms with van der Waals surface area (Å²) in [5.41, 5.74) is 5.65. The molecule has 0 aliphatic heterocycles. The van der Waals surface area contributed by atoms with E-state index >= 15 is 0 Å². The van der Waals surface area contributed by atoms with Crippen LogP contribution in [0.15, 0.2) is 29.4 Å². The zero-order valence-electron chi connectivity index (χ0n) is 11.1. The maximum Gasteiger partial charge on any atom is 0.238 e. The number of carbonyl (C=O) groups is 1. The van der Waals surface area contributed by atoms with Crippen molar-refractivity contribution in [2.75, 3.05) is 5.32 Å². The van der Waals surface area contributed by atoms with Gasteiger partial charge in [-0.3, -0.25) is 4.79 Å². The molecule has 0 spiro atoms. The number of hydrogen-bond donors (Lipinski definition) is 3. The molecule has 5 nitrogen and oxygen atoms in total. The summed E-state index contributed by atoms with van der Waals surface area (Å²) in [6.45, 7) is 0. The molecule has 6 heteroatoms. The first kappa shape index (κ1) is 15.1. The average molecular weight is 387 g/mol. The van der Waals surface area contributed by atoms with Crippen molar-refractivity contribution in [1.29, 1.82) is 0 Å². The lowest BCUT2D eigenvalue weighted by Gasteiger charge is -2.34. The molecule has 1 amide bonds. The van der Waals surface area contributed by atoms with Crippen LogP contribution in [0.25, 0.3) is 0 Å². The SMILES string of the molecule is NC(=NO)C1(C(=O)Nc2ccc(I)cc2)CCCCC1. The Morgan fingerprint density at radius 2 is 1.85 bits per heavy atom. The summed E-state index contributed by atoms with van der Waals surface area (Å²) in [4.78, 5) is 12.6. The number of benzene rings is 1. The molecule has 0 bridgehead atoms. The van der Waals surface area contributed by atoms with Crippen LogP contribution < -0.4 is 11.1 Å². The fraction of sp³-hybridized carbons (Fsp3) is 0.429. The summed E-state index contributed by atoms with van der Waals surface area (Å²) in [7, 11) is 0. The zero-order valence-corrected chi connectivity index (χ0v) is 13.3. The van der Waals surface area contributed by atoms with Crippen molar-refractivity contribution in [2.45, 2.75) is 32.1 Å². The number of nitrogens with zero attached hydrogens (tertiary/aromatic N) is 1. The summed E-state index contributed by atoms with van der Waals surface area (Å²) < 4.78 is 1.10. The third-order valence-electron chi connectivity index (χ3n) is 3.84. The van der Waals surface area contributed by atoms with E-state index in [4.69, 9.17) is 10.9 Å². The predicted octanol–water partition coefficient (Wildman–Crippen LogP) is 2.93. The molecule has 0 radical (unpaired) electrons. The van der Waals surface area contributed by atoms with Gasteiger partial charge in [-0.1, -0.05) is 24.4 Å². The van der Waals surface area contributed by atoms with E-state index in [0.717, 1.165) is 28.5 Å². The van der Waals surface area contributed by atoms with Crippen LogP contribution in [0.3, 0.4) is 0 Å². The summed E-state index contributed by atoms with van der Waals surface area (Å²) >= 11 is 2.21. The second-order valence-electron chi connectivity index (χ2n) is 5.09. The molecule has 0 unspecified atom stereocenters. The van der Waals surface area contributed by atoms with Gasteiger partial charge in [0.05, 0.1) is 0 Å². The van der Waals surface area contributed by atoms with Crippen LogP contribution in [-0.4, -0.2) is 17.0 Å². The minimum atomic E-state index is -0.879. The molecule has 1 aromatic rings. The Kier molecular flexibility index (Phi) is 4.85. The van der Waals surface area contributed by atoms with Crippen LogP contribution in [0, 0.1) is 8.99 Å². The Labute approximate surface area is 131 Å². The maximum absolute atomic E-state index is 12.6. The highest BCUT2D eigenvalue weighted by Gasteiger charge is 2.43. The fourth-order valence-electron chi connectivity index (χ4n) is 2.63. The Morgan fingerprint density at radius 1 is 1.25 bits per heavy atom. The third kappa shape index (κ3) is 3.05. The number of halogens is 1. The molecule has 108 valence electrons. The first-order valence-electron chi connectivity index (χ1n) is 6.63. The average Bonchev–Trinajstić information content (AvgIpc) is 2.49. The van der Waals surface area contributed by atoms with E-state index < -0.39 is 5.41 Å². The minimum Gasteiger partial charge on any atom is -0.409 e. The van der Waals surface area contributed by atoms with Crippen molar-refractivity contribution in [3.8, 4) is 0 Å². The lowest BCUT2D eigenvalue weighted by Crippen LogP contribution is -2.48. The Hall–Kier alpha value is -1.31. The van der Waals surface area contributed by atoms with Crippen molar-refractivity contribution < 1.29 is 10.0 Å². The van der Waals surface area contributed by atoms with Gasteiger partial charge in [-0.2, -0.15) is 0 Å². The monoisotopic (exact) mass is 387 g/mol. The van der Waals surface area contributed by atoms with Gasteiger partial charge in [0.2, 0.25) is 5.91 Å². The van der Waals surface area contributed by atoms with Gasteiger partial charge in [-0.25, -0.2) is 0 Å². The number of carbonyl (C=O) groups excluding carboxylic acids is 1. The number of hydrogen-bond acceptors (Lipinski definition) is 3. The number of amidine groups is 1. The molecule has 2 rings (SSSR count). The highest BCUT2D eigenvalue weighted by Crippen LogP contribution is 2.37. The first-order valence-corrected chi connectivity index (χ1v) is 7.71. The predicted molar refractivity (Wildman–Crippen MR) is 86.7 cm³/mol. The minimum absolute atomic E-state index is 0.0141. The van der Waals surface area contributed by atoms with Gasteiger partial charge in [0, 0.05) is 9.26 Å². The highest BCUT2D eigenvalue weighted by molar-refractivity contribution is 14.1. The molecule has 1 fully saturated rings. The van der Waals surface area contributed by atoms with Crippen LogP contribution in [0.2, 0.25) is 0 Å². The van der Waals surface area contributed by atoms with Crippen molar-refractivity contribution in [3.63, 3.8) is 0 Å². The Balaban J connectivity index is 2.21. The second-order valence-corrected chi connectivity index (χ2v) is 6.33. The van der Waals surface area contributed by atoms with Crippen LogP contribution in [0.5, 0.6) is 0 Å². The number of oxime groups is 1. The molecule has 0 heterocycles. The number of amides is 1. The molecule has 1 aromatic carbocycles. The smallest absolute Gasteiger partial charge is 0.238 e. The van der Waals surface area contributed by atoms with Crippen molar-refractivity contribution in [3.05, 3.63) is 27.8 Å². The van der Waals surface area contributed by atoms with E-state index in [0.29, 0.717) is 12.8 Å². The molecule has 1 aliphatic rings. The molecule has 1 aliphatic carbocycles. The first-order chi connectivity index (χ1) is 9.58. The zero-order chi connectivity index (χ0) is 14.6. The summed E-state index contributed by atoms with van der Waals surface area (Å²) in [5, 5.41) is 15.0. The van der Waals surface area contributed by atoms with Crippen LogP contribution in [-0.2, 0) is 4.79 Å². The van der Waals surface area contributed by atoms with Crippen molar-refractivity contribution >= 4 is 40.0 Å². The van der Waals surface area contributed by atoms with Gasteiger partial charge in [0.15, 0.2) is 5.84 Å². The lowest BCUT2D eigenvalue weighted by atomic mass is 9.72. The lowest BCUT2D eigenvalue weighted by molar-refractivity contribution is -0.123. The normalized spacial score (nSPS) is 18.6. The topological polar surface area (TPSA) is 87.7 Å². The van der Waals surface area contributed by atoms with E-state index in [2.05, 4.69) is 33.1 Å². The van der Waals surface area contributed by atoms with Crippen LogP contribution in [0.1, 0.15) is 32.1 Å². The van der Waals surface area contributed by atoms with Crippen LogP contribution in [0.4, 0.5) is 5.69 Å². The second kappa shape index (κ2) is 6.43. The molecular weight excluding hydrogens is 369 g/mol. The van der Waals surface area contributed by atoms with E-state index in [1.165, 1.54) is 0 Å². The molecular formula is C14H18IN3O2. The quantitative estimate of drug-likeness (QED) is 0.245. The molecule has 0 atom stereocenters. The molecule has 0 aromatic heterocycles. The van der Waals surface area contributed by atoms with Gasteiger partial charge < -0.3 is 16.3 Å². The Bertz CT molecular complexity index is 508. The van der Waals surface area contributed by atoms with Gasteiger partial charge in [-0.05, 0) is 59.7 Å². The largest absolute Gasteiger partial charge is 0.409 e. The Morgan fingerprint density at radius 3 is 2.40 bits per heavy atom. The summed E-state index contributed by atoms with van der Waals surface area (Å²) in [5.74, 6) is -0.172. The van der Waals surface area contributed by atoms with Crippen molar-refractivity contribution in [2.24, 2.45) is 16.3 Å². The van der Waals surface area contributed by atoms with E-state index in [9.17, 15) is 4.79 Å². The summed E-state index contributed by atoms with van der Waals surface area (Å²) in [6, 6.07) is 7.55. The van der Waals surface area contributed by atoms with E-state index in [-0.39, 0.29) is 11.7 Å². The fourth-order valence-corrected chi connectivity index (χ4v) is 2.99. The number of rotatable bonds is 3. The van der Waals surface area contributed by atoms with Gasteiger partial charge >= 0.3 is 0 Å². The van der Waals surface area contributed by atoms with Crippen molar-refractivity contribution in [1.82, 2.24) is 0 Å². The van der Waals surface area contributed by atoms with E-state index in [1.54, 1.807) is 0 Å². The molecule has 0 saturated heterocycles. The van der Waals surface area contributed by atoms with Gasteiger partial charge in [-0.15, -0.1) is 0 Å². The maximum atomic E-state index is 12.6. The number of anilines is 1. The number of nitrogens with one attached hydrogen (secondary N) is 1. The molecule has 4 N–H and O–H groups in total. The third-order valence-corrected chi connectivity index (χ3v) is 4.56. The molecule has 20 heavy (non-hydrogen) atoms. The molecule has 1 saturated carbocycles. The summed E-state index contributed by atoms with van der Waals surface area (Å²) in [6.07, 6.45) is 4.15. The standard InChI is InChI=1S/C14H18IN3O2/c15-10-4-6-11(7-5-10)17-13(19)14(12(16)18-20)8-2-1-3-9-14/h4-7,20H,1-3,8-9H2,(H2,16,18)(H,17,19). The van der Waals surface area contributed by atoms with Gasteiger partial charge in [0.1, 0.15) is 5.41 Å². The highest BCUT2D eigenvalue weighted by atomic mass is 127. The number of nitrogens with two attached hydrogens (primary N) is 1. The van der Waals surface area contributed by atoms with E-state index in [1.807, 2.05) is 24.3 Å².